The van der Waals surface area contributed by atoms with Crippen molar-refractivity contribution in [3.63, 3.8) is 0 Å². The van der Waals surface area contributed by atoms with Crippen LogP contribution >= 0.6 is 0 Å². The molecule has 0 aromatic carbocycles. The summed E-state index contributed by atoms with van der Waals surface area (Å²) in [5.41, 5.74) is 0. The van der Waals surface area contributed by atoms with Crippen molar-refractivity contribution in [2.45, 2.75) is 26.4 Å². The first-order chi connectivity index (χ1) is 8.83. The Hall–Kier alpha value is -1.33. The van der Waals surface area contributed by atoms with E-state index in [4.69, 9.17) is 9.15 Å². The van der Waals surface area contributed by atoms with Crippen molar-refractivity contribution in [1.82, 2.24) is 10.6 Å². The highest BCUT2D eigenvalue weighted by atomic mass is 16.5. The lowest BCUT2D eigenvalue weighted by molar-refractivity contribution is -0.121. The number of carbonyl (C=O) groups excluding carboxylic acids is 1. The summed E-state index contributed by atoms with van der Waals surface area (Å²) in [5, 5.41) is 5.96. The number of ether oxygens (including phenoxy) is 1. The van der Waals surface area contributed by atoms with E-state index in [2.05, 4.69) is 10.6 Å². The van der Waals surface area contributed by atoms with Gasteiger partial charge in [-0.2, -0.15) is 0 Å². The van der Waals surface area contributed by atoms with Gasteiger partial charge in [-0.3, -0.25) is 4.79 Å². The van der Waals surface area contributed by atoms with E-state index in [1.165, 1.54) is 0 Å². The molecule has 0 unspecified atom stereocenters. The van der Waals surface area contributed by atoms with Crippen molar-refractivity contribution in [1.29, 1.82) is 0 Å². The molecule has 0 bridgehead atoms. The van der Waals surface area contributed by atoms with Gasteiger partial charge in [-0.05, 0) is 25.1 Å². The quantitative estimate of drug-likeness (QED) is 0.618. The van der Waals surface area contributed by atoms with Crippen LogP contribution in [0.15, 0.2) is 22.8 Å². The zero-order chi connectivity index (χ0) is 13.1. The van der Waals surface area contributed by atoms with Crippen LogP contribution in [-0.2, 0) is 16.1 Å². The number of carbonyl (C=O) groups is 1. The van der Waals surface area contributed by atoms with E-state index in [9.17, 15) is 4.79 Å². The van der Waals surface area contributed by atoms with Gasteiger partial charge in [0.15, 0.2) is 0 Å². The van der Waals surface area contributed by atoms with Crippen molar-refractivity contribution < 1.29 is 13.9 Å². The molecule has 0 spiro atoms. The minimum Gasteiger partial charge on any atom is -0.467 e. The number of hydrogen-bond acceptors (Lipinski definition) is 4. The summed E-state index contributed by atoms with van der Waals surface area (Å²) >= 11 is 0. The highest BCUT2D eigenvalue weighted by Gasteiger charge is 1.99. The first-order valence-corrected chi connectivity index (χ1v) is 6.40. The van der Waals surface area contributed by atoms with Gasteiger partial charge in [-0.25, -0.2) is 0 Å². The fraction of sp³-hybridized carbons (Fsp3) is 0.615. The van der Waals surface area contributed by atoms with Gasteiger partial charge in [0.2, 0.25) is 5.91 Å². The largest absolute Gasteiger partial charge is 0.467 e. The maximum atomic E-state index is 11.3. The fourth-order valence-corrected chi connectivity index (χ4v) is 1.44. The molecule has 5 heteroatoms. The Bertz CT molecular complexity index is 312. The van der Waals surface area contributed by atoms with Crippen LogP contribution in [0.2, 0.25) is 0 Å². The molecular weight excluding hydrogens is 232 g/mol. The summed E-state index contributed by atoms with van der Waals surface area (Å²) < 4.78 is 10.5. The second kappa shape index (κ2) is 9.67. The average Bonchev–Trinajstić information content (AvgIpc) is 2.87. The predicted molar refractivity (Wildman–Crippen MR) is 69.2 cm³/mol. The number of hydrogen-bond donors (Lipinski definition) is 2. The zero-order valence-electron chi connectivity index (χ0n) is 10.9. The lowest BCUT2D eigenvalue weighted by Crippen LogP contribution is -2.28. The standard InChI is InChI=1S/C13H22N2O3/c1-2-14-8-6-13(16)15-7-4-9-17-11-12-5-3-10-18-12/h3,5,10,14H,2,4,6-9,11H2,1H3,(H,15,16). The molecule has 0 fully saturated rings. The number of nitrogens with one attached hydrogen (secondary N) is 2. The van der Waals surface area contributed by atoms with Gasteiger partial charge in [-0.15, -0.1) is 0 Å². The van der Waals surface area contributed by atoms with E-state index in [0.717, 1.165) is 25.3 Å². The van der Waals surface area contributed by atoms with Gasteiger partial charge in [0.25, 0.3) is 0 Å². The van der Waals surface area contributed by atoms with E-state index in [1.807, 2.05) is 19.1 Å². The smallest absolute Gasteiger partial charge is 0.221 e. The molecule has 1 heterocycles. The van der Waals surface area contributed by atoms with Crippen LogP contribution in [-0.4, -0.2) is 32.1 Å². The summed E-state index contributed by atoms with van der Waals surface area (Å²) in [6.45, 7) is 5.41. The number of rotatable bonds is 10. The highest BCUT2D eigenvalue weighted by Crippen LogP contribution is 2.01. The number of amides is 1. The van der Waals surface area contributed by atoms with Crippen molar-refractivity contribution in [3.8, 4) is 0 Å². The molecule has 0 aliphatic rings. The van der Waals surface area contributed by atoms with Crippen LogP contribution in [0.25, 0.3) is 0 Å². The van der Waals surface area contributed by atoms with Crippen molar-refractivity contribution in [2.24, 2.45) is 0 Å². The molecule has 1 aromatic rings. The first-order valence-electron chi connectivity index (χ1n) is 6.40. The molecule has 102 valence electrons. The fourth-order valence-electron chi connectivity index (χ4n) is 1.44. The molecule has 5 nitrogen and oxygen atoms in total. The van der Waals surface area contributed by atoms with Gasteiger partial charge >= 0.3 is 0 Å². The van der Waals surface area contributed by atoms with Crippen molar-refractivity contribution in [2.75, 3.05) is 26.2 Å². The monoisotopic (exact) mass is 254 g/mol. The second-order valence-electron chi connectivity index (χ2n) is 3.94. The Labute approximate surface area is 108 Å². The van der Waals surface area contributed by atoms with Crippen LogP contribution < -0.4 is 10.6 Å². The molecule has 0 saturated heterocycles. The molecule has 0 atom stereocenters. The summed E-state index contributed by atoms with van der Waals surface area (Å²) in [6, 6.07) is 3.71. The Morgan fingerprint density at radius 1 is 1.44 bits per heavy atom. The molecule has 1 aromatic heterocycles. The normalized spacial score (nSPS) is 10.5. The Kier molecular flexibility index (Phi) is 7.92. The van der Waals surface area contributed by atoms with Gasteiger partial charge in [-0.1, -0.05) is 6.92 Å². The van der Waals surface area contributed by atoms with Crippen molar-refractivity contribution in [3.05, 3.63) is 24.2 Å². The van der Waals surface area contributed by atoms with Crippen molar-refractivity contribution >= 4 is 5.91 Å². The molecular formula is C13H22N2O3. The second-order valence-corrected chi connectivity index (χ2v) is 3.94. The molecule has 0 radical (unpaired) electrons. The molecule has 1 amide bonds. The lowest BCUT2D eigenvalue weighted by atomic mass is 10.3. The average molecular weight is 254 g/mol. The van der Waals surface area contributed by atoms with E-state index in [0.29, 0.717) is 26.2 Å². The minimum absolute atomic E-state index is 0.0852. The van der Waals surface area contributed by atoms with Crippen LogP contribution in [0.5, 0.6) is 0 Å². The summed E-state index contributed by atoms with van der Waals surface area (Å²) in [5.74, 6) is 0.909. The van der Waals surface area contributed by atoms with E-state index in [-0.39, 0.29) is 5.91 Å². The van der Waals surface area contributed by atoms with Gasteiger partial charge in [0.1, 0.15) is 12.4 Å². The zero-order valence-corrected chi connectivity index (χ0v) is 10.9. The van der Waals surface area contributed by atoms with E-state index in [1.54, 1.807) is 6.26 Å². The molecule has 0 aliphatic carbocycles. The van der Waals surface area contributed by atoms with Crippen LogP contribution in [0.3, 0.4) is 0 Å². The third-order valence-electron chi connectivity index (χ3n) is 2.39. The Morgan fingerprint density at radius 2 is 2.33 bits per heavy atom. The Morgan fingerprint density at radius 3 is 3.06 bits per heavy atom. The molecule has 0 saturated carbocycles. The lowest BCUT2D eigenvalue weighted by Gasteiger charge is -2.05. The number of furan rings is 1. The molecule has 2 N–H and O–H groups in total. The maximum absolute atomic E-state index is 11.3. The third kappa shape index (κ3) is 7.09. The summed E-state index contributed by atoms with van der Waals surface area (Å²) in [7, 11) is 0. The highest BCUT2D eigenvalue weighted by molar-refractivity contribution is 5.75. The summed E-state index contributed by atoms with van der Waals surface area (Å²) in [4.78, 5) is 11.3. The SMILES string of the molecule is CCNCCC(=O)NCCCOCc1ccco1. The molecule has 1 rings (SSSR count). The third-order valence-corrected chi connectivity index (χ3v) is 2.39. The first kappa shape index (κ1) is 14.7. The van der Waals surface area contributed by atoms with Crippen LogP contribution in [0.4, 0.5) is 0 Å². The Balaban J connectivity index is 1.87. The maximum Gasteiger partial charge on any atom is 0.221 e. The van der Waals surface area contributed by atoms with E-state index >= 15 is 0 Å². The predicted octanol–water partition coefficient (Wildman–Crippen LogP) is 1.30. The van der Waals surface area contributed by atoms with Gasteiger partial charge in [0.05, 0.1) is 6.26 Å². The van der Waals surface area contributed by atoms with Gasteiger partial charge in [0, 0.05) is 26.1 Å². The van der Waals surface area contributed by atoms with Gasteiger partial charge < -0.3 is 19.8 Å². The van der Waals surface area contributed by atoms with Crippen LogP contribution in [0, 0.1) is 0 Å². The van der Waals surface area contributed by atoms with E-state index < -0.39 is 0 Å². The topological polar surface area (TPSA) is 63.5 Å². The molecule has 18 heavy (non-hydrogen) atoms. The van der Waals surface area contributed by atoms with Crippen LogP contribution in [0.1, 0.15) is 25.5 Å². The minimum atomic E-state index is 0.0852. The molecule has 0 aliphatic heterocycles. The summed E-state index contributed by atoms with van der Waals surface area (Å²) in [6.07, 6.45) is 2.97.